The number of carbonyl (C=O) groups excluding carboxylic acids is 2. The van der Waals surface area contributed by atoms with Crippen LogP contribution in [0.25, 0.3) is 0 Å². The van der Waals surface area contributed by atoms with Gasteiger partial charge in [-0.1, -0.05) is 40.2 Å². The van der Waals surface area contributed by atoms with Crippen LogP contribution in [-0.4, -0.2) is 17.2 Å². The van der Waals surface area contributed by atoms with Crippen molar-refractivity contribution in [3.05, 3.63) is 57.3 Å². The molecule has 0 atom stereocenters. The molecule has 0 bridgehead atoms. The Morgan fingerprint density at radius 1 is 1.05 bits per heavy atom. The van der Waals surface area contributed by atoms with E-state index in [1.54, 1.807) is 30.3 Å². The van der Waals surface area contributed by atoms with E-state index in [0.717, 1.165) is 4.48 Å². The first-order valence-electron chi connectivity index (χ1n) is 5.91. The SMILES string of the molecule is CC1(C)OC2=C(C=C1Br)C(=O)c1ccccc1C2=O. The smallest absolute Gasteiger partial charge is 0.229 e. The third-order valence-electron chi connectivity index (χ3n) is 3.32. The van der Waals surface area contributed by atoms with Gasteiger partial charge in [-0.2, -0.15) is 0 Å². The van der Waals surface area contributed by atoms with Crippen molar-refractivity contribution in [2.45, 2.75) is 19.4 Å². The monoisotopic (exact) mass is 318 g/mol. The minimum absolute atomic E-state index is 0.150. The van der Waals surface area contributed by atoms with Crippen LogP contribution >= 0.6 is 15.9 Å². The molecule has 0 spiro atoms. The summed E-state index contributed by atoms with van der Waals surface area (Å²) in [6.45, 7) is 3.69. The summed E-state index contributed by atoms with van der Waals surface area (Å²) in [5, 5.41) is 0. The predicted octanol–water partition coefficient (Wildman–Crippen LogP) is 3.41. The molecule has 3 rings (SSSR count). The summed E-state index contributed by atoms with van der Waals surface area (Å²) in [7, 11) is 0. The zero-order valence-electron chi connectivity index (χ0n) is 10.5. The van der Waals surface area contributed by atoms with Gasteiger partial charge in [0, 0.05) is 15.6 Å². The number of benzene rings is 1. The van der Waals surface area contributed by atoms with Gasteiger partial charge in [-0.25, -0.2) is 0 Å². The quantitative estimate of drug-likeness (QED) is 0.736. The summed E-state index contributed by atoms with van der Waals surface area (Å²) in [4.78, 5) is 24.8. The fourth-order valence-corrected chi connectivity index (χ4v) is 2.52. The number of Topliss-reactive ketones (excluding diaryl/α,β-unsaturated/α-hetero) is 2. The van der Waals surface area contributed by atoms with Crippen molar-refractivity contribution in [3.8, 4) is 0 Å². The van der Waals surface area contributed by atoms with E-state index in [9.17, 15) is 9.59 Å². The first-order valence-corrected chi connectivity index (χ1v) is 6.70. The van der Waals surface area contributed by atoms with Gasteiger partial charge in [-0.3, -0.25) is 9.59 Å². The lowest BCUT2D eigenvalue weighted by Crippen LogP contribution is -2.34. The molecule has 1 heterocycles. The number of carbonyl (C=O) groups is 2. The lowest BCUT2D eigenvalue weighted by atomic mass is 9.86. The molecule has 1 aliphatic heterocycles. The molecular formula is C15H11BrO3. The molecule has 2 aliphatic rings. The Hall–Kier alpha value is -1.68. The molecule has 1 aromatic carbocycles. The van der Waals surface area contributed by atoms with E-state index >= 15 is 0 Å². The summed E-state index contributed by atoms with van der Waals surface area (Å²) >= 11 is 3.40. The molecule has 0 radical (unpaired) electrons. The van der Waals surface area contributed by atoms with Crippen LogP contribution in [0.5, 0.6) is 0 Å². The topological polar surface area (TPSA) is 43.4 Å². The molecule has 0 unspecified atom stereocenters. The highest BCUT2D eigenvalue weighted by molar-refractivity contribution is 9.11. The number of ketones is 2. The van der Waals surface area contributed by atoms with Crippen LogP contribution in [0.2, 0.25) is 0 Å². The highest BCUT2D eigenvalue weighted by atomic mass is 79.9. The fraction of sp³-hybridized carbons (Fsp3) is 0.200. The molecule has 1 aromatic rings. The van der Waals surface area contributed by atoms with Crippen LogP contribution in [0, 0.1) is 0 Å². The minimum Gasteiger partial charge on any atom is -0.478 e. The van der Waals surface area contributed by atoms with E-state index in [0.29, 0.717) is 16.7 Å². The average molecular weight is 319 g/mol. The van der Waals surface area contributed by atoms with Gasteiger partial charge in [0.25, 0.3) is 0 Å². The molecule has 0 saturated carbocycles. The molecule has 19 heavy (non-hydrogen) atoms. The van der Waals surface area contributed by atoms with Crippen LogP contribution in [0.3, 0.4) is 0 Å². The van der Waals surface area contributed by atoms with Crippen molar-refractivity contribution in [2.24, 2.45) is 0 Å². The summed E-state index contributed by atoms with van der Waals surface area (Å²) in [6.07, 6.45) is 1.69. The van der Waals surface area contributed by atoms with E-state index < -0.39 is 5.60 Å². The van der Waals surface area contributed by atoms with E-state index in [1.807, 2.05) is 13.8 Å². The molecule has 0 aromatic heterocycles. The number of ether oxygens (including phenoxy) is 1. The lowest BCUT2D eigenvalue weighted by Gasteiger charge is -2.33. The van der Waals surface area contributed by atoms with Gasteiger partial charge in [-0.15, -0.1) is 0 Å². The number of halogens is 1. The van der Waals surface area contributed by atoms with Crippen molar-refractivity contribution < 1.29 is 14.3 Å². The van der Waals surface area contributed by atoms with Gasteiger partial charge in [0.1, 0.15) is 5.60 Å². The fourth-order valence-electron chi connectivity index (χ4n) is 2.21. The van der Waals surface area contributed by atoms with Crippen LogP contribution in [0.15, 0.2) is 46.2 Å². The van der Waals surface area contributed by atoms with Crippen LogP contribution in [-0.2, 0) is 4.74 Å². The first-order chi connectivity index (χ1) is 8.92. The molecule has 0 amide bonds. The van der Waals surface area contributed by atoms with Crippen molar-refractivity contribution in [3.63, 3.8) is 0 Å². The highest BCUT2D eigenvalue weighted by Crippen LogP contribution is 2.39. The number of hydrogen-bond donors (Lipinski definition) is 0. The van der Waals surface area contributed by atoms with Crippen LogP contribution in [0.4, 0.5) is 0 Å². The normalized spacial score (nSPS) is 20.5. The summed E-state index contributed by atoms with van der Waals surface area (Å²) < 4.78 is 6.47. The van der Waals surface area contributed by atoms with Gasteiger partial charge in [0.05, 0.1) is 5.57 Å². The van der Waals surface area contributed by atoms with Crippen molar-refractivity contribution in [1.82, 2.24) is 0 Å². The molecular weight excluding hydrogens is 308 g/mol. The minimum atomic E-state index is -0.638. The molecule has 3 nitrogen and oxygen atoms in total. The Labute approximate surface area is 119 Å². The van der Waals surface area contributed by atoms with Crippen LogP contribution in [0.1, 0.15) is 34.6 Å². The van der Waals surface area contributed by atoms with Gasteiger partial charge >= 0.3 is 0 Å². The van der Waals surface area contributed by atoms with Gasteiger partial charge < -0.3 is 4.74 Å². The Morgan fingerprint density at radius 2 is 1.63 bits per heavy atom. The predicted molar refractivity (Wildman–Crippen MR) is 74.3 cm³/mol. The van der Waals surface area contributed by atoms with E-state index in [-0.39, 0.29) is 17.3 Å². The number of fused-ring (bicyclic) bond motifs is 1. The van der Waals surface area contributed by atoms with Crippen molar-refractivity contribution in [2.75, 3.05) is 0 Å². The number of rotatable bonds is 0. The van der Waals surface area contributed by atoms with E-state index in [1.165, 1.54) is 0 Å². The number of hydrogen-bond acceptors (Lipinski definition) is 3. The van der Waals surface area contributed by atoms with E-state index in [2.05, 4.69) is 15.9 Å². The Bertz CT molecular complexity index is 680. The van der Waals surface area contributed by atoms with E-state index in [4.69, 9.17) is 4.74 Å². The first kappa shape index (κ1) is 12.4. The zero-order chi connectivity index (χ0) is 13.8. The summed E-state index contributed by atoms with van der Waals surface area (Å²) in [6, 6.07) is 6.82. The molecule has 4 heteroatoms. The molecule has 0 N–H and O–H groups in total. The lowest BCUT2D eigenvalue weighted by molar-refractivity contribution is 0.0528. The second kappa shape index (κ2) is 3.90. The maximum Gasteiger partial charge on any atom is 0.229 e. The standard InChI is InChI=1S/C15H11BrO3/c1-15(2)11(16)7-10-12(17)8-5-3-4-6-9(8)13(18)14(10)19-15/h3-7H,1-2H3. The number of allylic oxidation sites excluding steroid dienone is 3. The zero-order valence-corrected chi connectivity index (χ0v) is 12.1. The second-order valence-corrected chi connectivity index (χ2v) is 5.91. The Kier molecular flexibility index (Phi) is 2.54. The third-order valence-corrected chi connectivity index (χ3v) is 4.50. The Morgan fingerprint density at radius 3 is 2.26 bits per heavy atom. The maximum absolute atomic E-state index is 12.4. The van der Waals surface area contributed by atoms with Gasteiger partial charge in [-0.05, 0) is 19.9 Å². The average Bonchev–Trinajstić information content (AvgIpc) is 2.38. The van der Waals surface area contributed by atoms with Crippen molar-refractivity contribution in [1.29, 1.82) is 0 Å². The van der Waals surface area contributed by atoms with Gasteiger partial charge in [0.2, 0.25) is 5.78 Å². The molecule has 0 saturated heterocycles. The van der Waals surface area contributed by atoms with Crippen LogP contribution < -0.4 is 0 Å². The highest BCUT2D eigenvalue weighted by Gasteiger charge is 2.40. The Balaban J connectivity index is 2.22. The molecule has 1 aliphatic carbocycles. The summed E-state index contributed by atoms with van der Waals surface area (Å²) in [5.74, 6) is -0.246. The molecule has 0 fully saturated rings. The summed E-state index contributed by atoms with van der Waals surface area (Å²) in [5.41, 5.74) is 0.538. The second-order valence-electron chi connectivity index (χ2n) is 5.05. The van der Waals surface area contributed by atoms with Gasteiger partial charge in [0.15, 0.2) is 11.5 Å². The van der Waals surface area contributed by atoms with Crippen molar-refractivity contribution >= 4 is 27.5 Å². The maximum atomic E-state index is 12.4. The third kappa shape index (κ3) is 1.70. The molecule has 96 valence electrons. The largest absolute Gasteiger partial charge is 0.478 e.